The molecule has 16 heavy (non-hydrogen) atoms. The Morgan fingerprint density at radius 2 is 2.31 bits per heavy atom. The number of halogens is 2. The summed E-state index contributed by atoms with van der Waals surface area (Å²) in [6, 6.07) is 1.39. The third-order valence-corrected chi connectivity index (χ3v) is 3.47. The molecule has 88 valence electrons. The summed E-state index contributed by atoms with van der Waals surface area (Å²) in [4.78, 5) is 3.97. The maximum absolute atomic E-state index is 13.4. The zero-order valence-corrected chi connectivity index (χ0v) is 10.4. The Bertz CT molecular complexity index is 382. The van der Waals surface area contributed by atoms with Gasteiger partial charge in [-0.3, -0.25) is 0 Å². The third-order valence-electron chi connectivity index (χ3n) is 3.04. The van der Waals surface area contributed by atoms with Crippen molar-refractivity contribution in [1.82, 2.24) is 4.98 Å². The topological polar surface area (TPSA) is 45.1 Å². The third kappa shape index (κ3) is 2.71. The van der Waals surface area contributed by atoms with Gasteiger partial charge in [-0.1, -0.05) is 0 Å². The lowest BCUT2D eigenvalue weighted by Crippen LogP contribution is -2.18. The van der Waals surface area contributed by atoms with Gasteiger partial charge in [0.1, 0.15) is 0 Å². The smallest absolute Gasteiger partial charge is 0.166 e. The molecule has 1 heterocycles. The fourth-order valence-electron chi connectivity index (χ4n) is 1.74. The Labute approximate surface area is 102 Å². The van der Waals surface area contributed by atoms with Crippen molar-refractivity contribution in [2.75, 3.05) is 18.5 Å². The van der Waals surface area contributed by atoms with Gasteiger partial charge >= 0.3 is 0 Å². The van der Waals surface area contributed by atoms with Crippen LogP contribution in [0.25, 0.3) is 0 Å². The maximum atomic E-state index is 13.4. The van der Waals surface area contributed by atoms with E-state index >= 15 is 0 Å². The van der Waals surface area contributed by atoms with Crippen LogP contribution in [0.1, 0.15) is 19.3 Å². The first-order valence-corrected chi connectivity index (χ1v) is 6.10. The van der Waals surface area contributed by atoms with Gasteiger partial charge in [-0.25, -0.2) is 9.37 Å². The number of rotatable bonds is 5. The lowest BCUT2D eigenvalue weighted by Gasteiger charge is -2.15. The number of aliphatic hydroxyl groups excluding tert-OH is 1. The van der Waals surface area contributed by atoms with E-state index in [4.69, 9.17) is 5.11 Å². The summed E-state index contributed by atoms with van der Waals surface area (Å²) < 4.78 is 14.1. The molecule has 1 aliphatic rings. The highest BCUT2D eigenvalue weighted by Gasteiger charge is 2.41. The Morgan fingerprint density at radius 3 is 2.88 bits per heavy atom. The van der Waals surface area contributed by atoms with Gasteiger partial charge in [0.15, 0.2) is 11.6 Å². The average molecular weight is 289 g/mol. The molecule has 0 amide bonds. The molecular weight excluding hydrogens is 275 g/mol. The molecule has 5 heteroatoms. The first-order chi connectivity index (χ1) is 7.65. The molecule has 0 aliphatic heterocycles. The second kappa shape index (κ2) is 4.67. The number of nitrogens with one attached hydrogen (secondary N) is 1. The number of hydrogen-bond donors (Lipinski definition) is 2. The van der Waals surface area contributed by atoms with Gasteiger partial charge in [-0.15, -0.1) is 0 Å². The molecule has 0 spiro atoms. The van der Waals surface area contributed by atoms with Crippen LogP contribution >= 0.6 is 15.9 Å². The molecule has 0 bridgehead atoms. The number of aliphatic hydroxyl groups is 1. The van der Waals surface area contributed by atoms with Crippen molar-refractivity contribution in [3.63, 3.8) is 0 Å². The van der Waals surface area contributed by atoms with Gasteiger partial charge in [0.05, 0.1) is 0 Å². The number of hydrogen-bond acceptors (Lipinski definition) is 3. The van der Waals surface area contributed by atoms with Crippen molar-refractivity contribution in [1.29, 1.82) is 0 Å². The van der Waals surface area contributed by atoms with Gasteiger partial charge in [0, 0.05) is 23.8 Å². The fourth-order valence-corrected chi connectivity index (χ4v) is 2.05. The van der Waals surface area contributed by atoms with E-state index in [2.05, 4.69) is 26.2 Å². The van der Waals surface area contributed by atoms with Gasteiger partial charge in [0.25, 0.3) is 0 Å². The summed E-state index contributed by atoms with van der Waals surface area (Å²) in [5.41, 5.74) is 0.163. The number of aromatic nitrogens is 1. The van der Waals surface area contributed by atoms with Gasteiger partial charge in [0.2, 0.25) is 0 Å². The molecule has 3 nitrogen and oxygen atoms in total. The molecule has 1 aromatic heterocycles. The molecule has 1 saturated carbocycles. The van der Waals surface area contributed by atoms with E-state index in [9.17, 15) is 4.39 Å². The minimum Gasteiger partial charge on any atom is -0.396 e. The van der Waals surface area contributed by atoms with Crippen LogP contribution in [0.2, 0.25) is 0 Å². The van der Waals surface area contributed by atoms with E-state index in [-0.39, 0.29) is 23.7 Å². The van der Waals surface area contributed by atoms with E-state index in [0.29, 0.717) is 11.0 Å². The second-order valence-electron chi connectivity index (χ2n) is 4.31. The Kier molecular flexibility index (Phi) is 3.44. The van der Waals surface area contributed by atoms with Gasteiger partial charge in [-0.2, -0.15) is 0 Å². The summed E-state index contributed by atoms with van der Waals surface area (Å²) in [6.45, 7) is 0.872. The molecule has 1 aromatic rings. The quantitative estimate of drug-likeness (QED) is 0.875. The minimum atomic E-state index is -0.353. The fraction of sp³-hybridized carbons (Fsp3) is 0.545. The largest absolute Gasteiger partial charge is 0.396 e. The maximum Gasteiger partial charge on any atom is 0.166 e. The summed E-state index contributed by atoms with van der Waals surface area (Å²) in [5.74, 6) is -0.0680. The van der Waals surface area contributed by atoms with Crippen LogP contribution in [-0.2, 0) is 0 Å². The van der Waals surface area contributed by atoms with Crippen molar-refractivity contribution in [2.45, 2.75) is 19.3 Å². The molecule has 1 fully saturated rings. The molecule has 0 radical (unpaired) electrons. The van der Waals surface area contributed by atoms with Gasteiger partial charge < -0.3 is 10.4 Å². The summed E-state index contributed by atoms with van der Waals surface area (Å²) in [6.07, 6.45) is 4.53. The van der Waals surface area contributed by atoms with E-state index in [0.717, 1.165) is 19.3 Å². The van der Waals surface area contributed by atoms with E-state index in [1.54, 1.807) is 6.20 Å². The zero-order valence-electron chi connectivity index (χ0n) is 8.84. The molecule has 1 aliphatic carbocycles. The number of anilines is 1. The van der Waals surface area contributed by atoms with Crippen molar-refractivity contribution in [3.05, 3.63) is 22.6 Å². The van der Waals surface area contributed by atoms with Crippen molar-refractivity contribution >= 4 is 21.7 Å². The Balaban J connectivity index is 1.94. The summed E-state index contributed by atoms with van der Waals surface area (Å²) in [5, 5.41) is 11.9. The van der Waals surface area contributed by atoms with Crippen LogP contribution in [0.5, 0.6) is 0 Å². The Morgan fingerprint density at radius 1 is 1.56 bits per heavy atom. The van der Waals surface area contributed by atoms with Crippen LogP contribution in [0.4, 0.5) is 10.2 Å². The number of nitrogens with zero attached hydrogens (tertiary/aromatic N) is 1. The monoisotopic (exact) mass is 288 g/mol. The average Bonchev–Trinajstić information content (AvgIpc) is 2.98. The SMILES string of the molecule is OCCC1(CNc2ncc(Br)cc2F)CC1. The lowest BCUT2D eigenvalue weighted by atomic mass is 10.0. The van der Waals surface area contributed by atoms with Crippen LogP contribution in [0.15, 0.2) is 16.7 Å². The predicted molar refractivity (Wildman–Crippen MR) is 63.8 cm³/mol. The van der Waals surface area contributed by atoms with E-state index < -0.39 is 0 Å². The number of pyridine rings is 1. The summed E-state index contributed by atoms with van der Waals surface area (Å²) in [7, 11) is 0. The normalized spacial score (nSPS) is 17.2. The van der Waals surface area contributed by atoms with Crippen LogP contribution in [0, 0.1) is 11.2 Å². The standard InChI is InChI=1S/C11H14BrFN2O/c12-8-5-9(13)10(14-6-8)15-7-11(1-2-11)3-4-16/h5-6,16H,1-4,7H2,(H,14,15). The van der Waals surface area contributed by atoms with Crippen molar-refractivity contribution in [3.8, 4) is 0 Å². The highest BCUT2D eigenvalue weighted by Crippen LogP contribution is 2.48. The lowest BCUT2D eigenvalue weighted by molar-refractivity contribution is 0.253. The second-order valence-corrected chi connectivity index (χ2v) is 5.23. The molecule has 2 rings (SSSR count). The predicted octanol–water partition coefficient (Wildman–Crippen LogP) is 2.56. The van der Waals surface area contributed by atoms with Gasteiger partial charge in [-0.05, 0) is 46.7 Å². The summed E-state index contributed by atoms with van der Waals surface area (Å²) >= 11 is 3.16. The first-order valence-electron chi connectivity index (χ1n) is 5.31. The molecule has 0 aromatic carbocycles. The highest BCUT2D eigenvalue weighted by atomic mass is 79.9. The molecule has 0 saturated heterocycles. The Hall–Kier alpha value is -0.680. The van der Waals surface area contributed by atoms with Crippen LogP contribution in [0.3, 0.4) is 0 Å². The van der Waals surface area contributed by atoms with Crippen molar-refractivity contribution < 1.29 is 9.50 Å². The zero-order chi connectivity index (χ0) is 11.6. The van der Waals surface area contributed by atoms with Crippen LogP contribution in [-0.4, -0.2) is 23.2 Å². The molecule has 2 N–H and O–H groups in total. The van der Waals surface area contributed by atoms with E-state index in [1.165, 1.54) is 6.07 Å². The van der Waals surface area contributed by atoms with Crippen LogP contribution < -0.4 is 5.32 Å². The first kappa shape index (κ1) is 11.8. The molecule has 0 unspecified atom stereocenters. The minimum absolute atomic E-state index is 0.163. The molecular formula is C11H14BrFN2O. The highest BCUT2D eigenvalue weighted by molar-refractivity contribution is 9.10. The van der Waals surface area contributed by atoms with Crippen molar-refractivity contribution in [2.24, 2.45) is 5.41 Å². The molecule has 0 atom stereocenters. The van der Waals surface area contributed by atoms with E-state index in [1.807, 2.05) is 0 Å².